The number of benzene rings is 3. The third-order valence-electron chi connectivity index (χ3n) is 8.39. The first kappa shape index (κ1) is 34.5. The topological polar surface area (TPSA) is 72.3 Å². The lowest BCUT2D eigenvalue weighted by Gasteiger charge is -2.34. The van der Waals surface area contributed by atoms with Crippen LogP contribution in [-0.2, 0) is 13.6 Å². The Morgan fingerprint density at radius 1 is 0.860 bits per heavy atom. The van der Waals surface area contributed by atoms with E-state index in [4.69, 9.17) is 9.47 Å². The number of ether oxygens (including phenoxy) is 3. The number of rotatable bonds is 11. The minimum atomic E-state index is -4.76. The van der Waals surface area contributed by atoms with E-state index in [1.807, 2.05) is 46.8 Å². The lowest BCUT2D eigenvalue weighted by Crippen LogP contribution is -2.48. The van der Waals surface area contributed by atoms with Crippen LogP contribution in [0, 0.1) is 0 Å². The fourth-order valence-corrected chi connectivity index (χ4v) is 5.73. The smallest absolute Gasteiger partial charge is 0.488 e. The number of amides is 1. The Hall–Kier alpha value is -5.37. The zero-order chi connectivity index (χ0) is 35.4. The SMILES string of the molecule is CN(c1ccc(OC(F)(F)F)cc1)c1ccc(Oc2ccc3cc(C(=O)N4CCN(Cc5ccc(OCC(F)F)cc5)CC4)n(C)c3c2)nc1. The molecular formula is C36H34F5N5O4. The van der Waals surface area contributed by atoms with Crippen molar-refractivity contribution in [3.63, 3.8) is 0 Å². The van der Waals surface area contributed by atoms with E-state index in [9.17, 15) is 26.7 Å². The molecule has 5 aromatic rings. The highest BCUT2D eigenvalue weighted by Gasteiger charge is 2.31. The minimum absolute atomic E-state index is 0.0600. The molecule has 0 bridgehead atoms. The summed E-state index contributed by atoms with van der Waals surface area (Å²) in [5.74, 6) is 0.921. The summed E-state index contributed by atoms with van der Waals surface area (Å²) in [6, 6.07) is 23.5. The lowest BCUT2D eigenvalue weighted by molar-refractivity contribution is -0.274. The number of halogens is 5. The van der Waals surface area contributed by atoms with E-state index in [2.05, 4.69) is 14.6 Å². The zero-order valence-corrected chi connectivity index (χ0v) is 27.2. The quantitative estimate of drug-likeness (QED) is 0.132. The van der Waals surface area contributed by atoms with Gasteiger partial charge in [-0.25, -0.2) is 13.8 Å². The molecule has 1 aliphatic heterocycles. The second-order valence-corrected chi connectivity index (χ2v) is 11.8. The van der Waals surface area contributed by atoms with Crippen LogP contribution >= 0.6 is 0 Å². The van der Waals surface area contributed by atoms with Gasteiger partial charge in [0.1, 0.15) is 29.5 Å². The van der Waals surface area contributed by atoms with Crippen molar-refractivity contribution in [2.24, 2.45) is 7.05 Å². The van der Waals surface area contributed by atoms with E-state index >= 15 is 0 Å². The molecular weight excluding hydrogens is 661 g/mol. The Balaban J connectivity index is 1.04. The van der Waals surface area contributed by atoms with Gasteiger partial charge in [-0.05, 0) is 66.2 Å². The maximum Gasteiger partial charge on any atom is 0.573 e. The largest absolute Gasteiger partial charge is 0.573 e. The van der Waals surface area contributed by atoms with Crippen LogP contribution in [0.3, 0.4) is 0 Å². The van der Waals surface area contributed by atoms with E-state index in [1.165, 1.54) is 24.3 Å². The molecule has 3 aromatic carbocycles. The van der Waals surface area contributed by atoms with Crippen LogP contribution in [-0.4, -0.2) is 77.9 Å². The van der Waals surface area contributed by atoms with Crippen LogP contribution in [0.1, 0.15) is 16.1 Å². The number of hydrogen-bond donors (Lipinski definition) is 0. The number of alkyl halides is 5. The first-order chi connectivity index (χ1) is 23.9. The summed E-state index contributed by atoms with van der Waals surface area (Å²) in [6.45, 7) is 2.58. The van der Waals surface area contributed by atoms with Gasteiger partial charge in [-0.15, -0.1) is 13.2 Å². The highest BCUT2D eigenvalue weighted by Crippen LogP contribution is 2.31. The Morgan fingerprint density at radius 2 is 1.52 bits per heavy atom. The summed E-state index contributed by atoms with van der Waals surface area (Å²) in [7, 11) is 3.61. The molecule has 2 aromatic heterocycles. The molecule has 3 heterocycles. The Bertz CT molecular complexity index is 1910. The Morgan fingerprint density at radius 3 is 2.16 bits per heavy atom. The van der Waals surface area contributed by atoms with Crippen LogP contribution in [0.5, 0.6) is 23.1 Å². The van der Waals surface area contributed by atoms with Gasteiger partial charge in [0, 0.05) is 70.0 Å². The predicted molar refractivity (Wildman–Crippen MR) is 178 cm³/mol. The summed E-state index contributed by atoms with van der Waals surface area (Å²) < 4.78 is 79.0. The van der Waals surface area contributed by atoms with Gasteiger partial charge < -0.3 is 28.6 Å². The third-order valence-corrected chi connectivity index (χ3v) is 8.39. The molecule has 1 fully saturated rings. The van der Waals surface area contributed by atoms with Crippen molar-refractivity contribution in [3.8, 4) is 23.1 Å². The number of piperazine rings is 1. The average molecular weight is 696 g/mol. The maximum absolute atomic E-state index is 13.6. The zero-order valence-electron chi connectivity index (χ0n) is 27.2. The van der Waals surface area contributed by atoms with E-state index in [0.717, 1.165) is 16.5 Å². The highest BCUT2D eigenvalue weighted by atomic mass is 19.4. The fourth-order valence-electron chi connectivity index (χ4n) is 5.73. The van der Waals surface area contributed by atoms with Crippen LogP contribution in [0.15, 0.2) is 91.1 Å². The summed E-state index contributed by atoms with van der Waals surface area (Å²) in [6.07, 6.45) is -5.68. The van der Waals surface area contributed by atoms with E-state index < -0.39 is 19.4 Å². The van der Waals surface area contributed by atoms with Gasteiger partial charge in [0.15, 0.2) is 0 Å². The standard InChI is InChI=1S/C36H34F5N5O4/c1-43(26-6-12-29(13-7-26)50-36(39,40)41)27-8-14-34(42-21-27)49-30-11-5-25-19-32(44(2)31(25)20-30)35(47)46-17-15-45(16-18-46)22-24-3-9-28(10-4-24)48-23-33(37)38/h3-14,19-21,33H,15-18,22-23H2,1-2H3. The first-order valence-electron chi connectivity index (χ1n) is 15.8. The molecule has 0 saturated carbocycles. The number of carbonyl (C=O) groups is 1. The molecule has 1 aliphatic rings. The van der Waals surface area contributed by atoms with Crippen LogP contribution in [0.25, 0.3) is 10.9 Å². The van der Waals surface area contributed by atoms with Gasteiger partial charge in [-0.1, -0.05) is 12.1 Å². The van der Waals surface area contributed by atoms with Crippen molar-refractivity contribution in [1.82, 2.24) is 19.4 Å². The predicted octanol–water partition coefficient (Wildman–Crippen LogP) is 7.63. The van der Waals surface area contributed by atoms with Crippen molar-refractivity contribution < 1.29 is 41.0 Å². The van der Waals surface area contributed by atoms with Crippen molar-refractivity contribution >= 4 is 28.2 Å². The number of carbonyl (C=O) groups excluding carboxylic acids is 1. The molecule has 1 saturated heterocycles. The van der Waals surface area contributed by atoms with Gasteiger partial charge >= 0.3 is 6.36 Å². The number of aryl methyl sites for hydroxylation is 1. The van der Waals surface area contributed by atoms with Gasteiger partial charge in [-0.2, -0.15) is 0 Å². The molecule has 0 aliphatic carbocycles. The molecule has 6 rings (SSSR count). The van der Waals surface area contributed by atoms with E-state index in [1.54, 1.807) is 48.5 Å². The van der Waals surface area contributed by atoms with Gasteiger partial charge in [0.2, 0.25) is 5.88 Å². The molecule has 14 heteroatoms. The number of hydrogen-bond acceptors (Lipinski definition) is 7. The summed E-state index contributed by atoms with van der Waals surface area (Å²) in [4.78, 5) is 23.8. The van der Waals surface area contributed by atoms with Crippen molar-refractivity contribution in [3.05, 3.63) is 102 Å². The van der Waals surface area contributed by atoms with Gasteiger partial charge in [-0.3, -0.25) is 9.69 Å². The maximum atomic E-state index is 13.6. The van der Waals surface area contributed by atoms with Crippen molar-refractivity contribution in [2.45, 2.75) is 19.3 Å². The van der Waals surface area contributed by atoms with Crippen LogP contribution < -0.4 is 19.1 Å². The number of nitrogens with zero attached hydrogens (tertiary/aromatic N) is 5. The number of pyridine rings is 1. The van der Waals surface area contributed by atoms with Crippen molar-refractivity contribution in [1.29, 1.82) is 0 Å². The molecule has 0 radical (unpaired) electrons. The molecule has 0 atom stereocenters. The fraction of sp³-hybridized carbons (Fsp3) is 0.278. The molecule has 1 amide bonds. The minimum Gasteiger partial charge on any atom is -0.488 e. The number of anilines is 2. The normalized spacial score (nSPS) is 13.9. The van der Waals surface area contributed by atoms with Crippen molar-refractivity contribution in [2.75, 3.05) is 44.7 Å². The van der Waals surface area contributed by atoms with Crippen LogP contribution in [0.4, 0.5) is 33.3 Å². The first-order valence-corrected chi connectivity index (χ1v) is 15.8. The summed E-state index contributed by atoms with van der Waals surface area (Å²) in [5.41, 5.74) is 3.75. The summed E-state index contributed by atoms with van der Waals surface area (Å²) >= 11 is 0. The van der Waals surface area contributed by atoms with Crippen LogP contribution in [0.2, 0.25) is 0 Å². The molecule has 262 valence electrons. The Labute approximate surface area is 285 Å². The average Bonchev–Trinajstić information content (AvgIpc) is 3.43. The molecule has 0 unspecified atom stereocenters. The third kappa shape index (κ3) is 8.43. The number of aromatic nitrogens is 2. The summed E-state index contributed by atoms with van der Waals surface area (Å²) in [5, 5.41) is 0.888. The van der Waals surface area contributed by atoms with E-state index in [0.29, 0.717) is 67.2 Å². The van der Waals surface area contributed by atoms with Gasteiger partial charge in [0.25, 0.3) is 12.3 Å². The molecule has 0 spiro atoms. The lowest BCUT2D eigenvalue weighted by atomic mass is 10.2. The second-order valence-electron chi connectivity index (χ2n) is 11.8. The number of fused-ring (bicyclic) bond motifs is 1. The Kier molecular flexibility index (Phi) is 10.1. The molecule has 0 N–H and O–H groups in total. The molecule has 9 nitrogen and oxygen atoms in total. The highest BCUT2D eigenvalue weighted by molar-refractivity contribution is 5.99. The van der Waals surface area contributed by atoms with Gasteiger partial charge in [0.05, 0.1) is 17.4 Å². The monoisotopic (exact) mass is 695 g/mol. The second kappa shape index (κ2) is 14.6. The van der Waals surface area contributed by atoms with E-state index in [-0.39, 0.29) is 11.7 Å². The molecule has 50 heavy (non-hydrogen) atoms.